The van der Waals surface area contributed by atoms with Crippen LogP contribution in [0.2, 0.25) is 0 Å². The van der Waals surface area contributed by atoms with Crippen molar-refractivity contribution in [3.05, 3.63) is 71.8 Å². The molecule has 0 fully saturated rings. The van der Waals surface area contributed by atoms with Gasteiger partial charge in [-0.1, -0.05) is 72.9 Å². The molecule has 0 bridgehead atoms. The molecule has 0 heterocycles. The average molecular weight is 246 g/mol. The van der Waals surface area contributed by atoms with Crippen LogP contribution in [0.4, 0.5) is 0 Å². The lowest BCUT2D eigenvalue weighted by Crippen LogP contribution is -2.08. The third-order valence-corrected chi connectivity index (χ3v) is 4.05. The molecular formula is C17H10S. The Balaban J connectivity index is 2.28. The van der Waals surface area contributed by atoms with Gasteiger partial charge in [-0.3, -0.25) is 0 Å². The van der Waals surface area contributed by atoms with E-state index in [1.807, 2.05) is 0 Å². The Labute approximate surface area is 111 Å². The number of hydrogen-bond acceptors (Lipinski definition) is 1. The lowest BCUT2D eigenvalue weighted by Gasteiger charge is -2.21. The number of fused-ring (bicyclic) bond motifs is 2. The SMILES string of the molecule is S=C1c2ccccc2-c2cccc3cccc1c23. The summed E-state index contributed by atoms with van der Waals surface area (Å²) >= 11 is 5.65. The van der Waals surface area contributed by atoms with Crippen LogP contribution < -0.4 is 0 Å². The molecule has 18 heavy (non-hydrogen) atoms. The van der Waals surface area contributed by atoms with E-state index >= 15 is 0 Å². The Hall–Kier alpha value is -1.99. The summed E-state index contributed by atoms with van der Waals surface area (Å²) in [6.45, 7) is 0. The molecule has 0 nitrogen and oxygen atoms in total. The summed E-state index contributed by atoms with van der Waals surface area (Å²) in [5.41, 5.74) is 4.93. The zero-order chi connectivity index (χ0) is 12.1. The largest absolute Gasteiger partial charge is 0.0787 e. The molecule has 0 atom stereocenters. The third-order valence-electron chi connectivity index (χ3n) is 3.61. The highest BCUT2D eigenvalue weighted by molar-refractivity contribution is 7.81. The Morgan fingerprint density at radius 2 is 1.17 bits per heavy atom. The van der Waals surface area contributed by atoms with Crippen molar-refractivity contribution in [3.63, 3.8) is 0 Å². The summed E-state index contributed by atoms with van der Waals surface area (Å²) in [6, 6.07) is 21.2. The summed E-state index contributed by atoms with van der Waals surface area (Å²) in [5, 5.41) is 2.56. The van der Waals surface area contributed by atoms with Crippen molar-refractivity contribution < 1.29 is 0 Å². The summed E-state index contributed by atoms with van der Waals surface area (Å²) in [7, 11) is 0. The van der Waals surface area contributed by atoms with Crippen LogP contribution in [0, 0.1) is 0 Å². The molecule has 84 valence electrons. The van der Waals surface area contributed by atoms with E-state index in [4.69, 9.17) is 12.2 Å². The van der Waals surface area contributed by atoms with E-state index in [1.165, 1.54) is 33.0 Å². The summed E-state index contributed by atoms with van der Waals surface area (Å²) < 4.78 is 0. The Kier molecular flexibility index (Phi) is 1.94. The maximum Gasteiger partial charge on any atom is 0.0534 e. The minimum atomic E-state index is 0.968. The summed E-state index contributed by atoms with van der Waals surface area (Å²) in [4.78, 5) is 0.968. The smallest absolute Gasteiger partial charge is 0.0534 e. The molecule has 4 rings (SSSR count). The number of hydrogen-bond donors (Lipinski definition) is 0. The lowest BCUT2D eigenvalue weighted by atomic mass is 9.83. The molecule has 1 aliphatic rings. The first-order valence-corrected chi connectivity index (χ1v) is 6.43. The Morgan fingerprint density at radius 3 is 1.94 bits per heavy atom. The van der Waals surface area contributed by atoms with Gasteiger partial charge in [-0.05, 0) is 21.9 Å². The van der Waals surface area contributed by atoms with Crippen molar-refractivity contribution in [2.45, 2.75) is 0 Å². The van der Waals surface area contributed by atoms with Gasteiger partial charge in [0.15, 0.2) is 0 Å². The highest BCUT2D eigenvalue weighted by Crippen LogP contribution is 2.39. The fourth-order valence-corrected chi connectivity index (χ4v) is 3.16. The van der Waals surface area contributed by atoms with E-state index in [9.17, 15) is 0 Å². The van der Waals surface area contributed by atoms with Crippen molar-refractivity contribution in [1.29, 1.82) is 0 Å². The van der Waals surface area contributed by atoms with Gasteiger partial charge in [0.05, 0.1) is 4.86 Å². The van der Waals surface area contributed by atoms with Crippen LogP contribution in [0.15, 0.2) is 60.7 Å². The van der Waals surface area contributed by atoms with E-state index in [2.05, 4.69) is 60.7 Å². The first-order valence-electron chi connectivity index (χ1n) is 6.02. The van der Waals surface area contributed by atoms with Crippen molar-refractivity contribution >= 4 is 27.9 Å². The molecule has 0 N–H and O–H groups in total. The standard InChI is InChI=1S/C17H10S/c18-17-14-8-2-1-7-12(14)13-9-3-5-11-6-4-10-15(17)16(11)13/h1-10H. The van der Waals surface area contributed by atoms with E-state index in [1.54, 1.807) is 0 Å². The van der Waals surface area contributed by atoms with Crippen LogP contribution in [-0.2, 0) is 0 Å². The molecular weight excluding hydrogens is 236 g/mol. The highest BCUT2D eigenvalue weighted by Gasteiger charge is 2.21. The van der Waals surface area contributed by atoms with Gasteiger partial charge in [0.25, 0.3) is 0 Å². The van der Waals surface area contributed by atoms with Crippen LogP contribution in [0.3, 0.4) is 0 Å². The van der Waals surface area contributed by atoms with Crippen LogP contribution in [0.1, 0.15) is 11.1 Å². The van der Waals surface area contributed by atoms with E-state index in [0.717, 1.165) is 4.86 Å². The van der Waals surface area contributed by atoms with Gasteiger partial charge < -0.3 is 0 Å². The maximum absolute atomic E-state index is 5.65. The number of thiocarbonyl (C=S) groups is 1. The molecule has 0 aromatic heterocycles. The van der Waals surface area contributed by atoms with Gasteiger partial charge in [-0.2, -0.15) is 0 Å². The van der Waals surface area contributed by atoms with Gasteiger partial charge >= 0.3 is 0 Å². The van der Waals surface area contributed by atoms with E-state index in [0.29, 0.717) is 0 Å². The second kappa shape index (κ2) is 3.50. The molecule has 1 aliphatic carbocycles. The molecule has 0 amide bonds. The zero-order valence-corrected chi connectivity index (χ0v) is 10.5. The minimum Gasteiger partial charge on any atom is -0.0787 e. The Morgan fingerprint density at radius 1 is 0.556 bits per heavy atom. The fourth-order valence-electron chi connectivity index (χ4n) is 2.82. The second-order valence-corrected chi connectivity index (χ2v) is 4.99. The van der Waals surface area contributed by atoms with Crippen molar-refractivity contribution in [2.24, 2.45) is 0 Å². The van der Waals surface area contributed by atoms with Crippen LogP contribution in [0.5, 0.6) is 0 Å². The first kappa shape index (κ1) is 9.98. The molecule has 0 aliphatic heterocycles. The average Bonchev–Trinajstić information content (AvgIpc) is 2.44. The van der Waals surface area contributed by atoms with Crippen LogP contribution in [0.25, 0.3) is 21.9 Å². The molecule has 0 saturated heterocycles. The molecule has 1 heteroatoms. The molecule has 0 spiro atoms. The van der Waals surface area contributed by atoms with Crippen LogP contribution >= 0.6 is 12.2 Å². The Bertz CT molecular complexity index is 794. The third kappa shape index (κ3) is 1.17. The normalized spacial score (nSPS) is 12.6. The van der Waals surface area contributed by atoms with Crippen molar-refractivity contribution in [1.82, 2.24) is 0 Å². The second-order valence-electron chi connectivity index (χ2n) is 4.58. The predicted molar refractivity (Wildman–Crippen MR) is 80.2 cm³/mol. The summed E-state index contributed by atoms with van der Waals surface area (Å²) in [6.07, 6.45) is 0. The minimum absolute atomic E-state index is 0.968. The van der Waals surface area contributed by atoms with Gasteiger partial charge in [0.2, 0.25) is 0 Å². The first-order chi connectivity index (χ1) is 8.86. The maximum atomic E-state index is 5.65. The fraction of sp³-hybridized carbons (Fsp3) is 0. The van der Waals surface area contributed by atoms with Gasteiger partial charge in [-0.25, -0.2) is 0 Å². The molecule has 0 radical (unpaired) electrons. The topological polar surface area (TPSA) is 0 Å². The number of rotatable bonds is 0. The molecule has 0 saturated carbocycles. The lowest BCUT2D eigenvalue weighted by molar-refractivity contribution is 1.58. The highest BCUT2D eigenvalue weighted by atomic mass is 32.1. The van der Waals surface area contributed by atoms with E-state index in [-0.39, 0.29) is 0 Å². The quantitative estimate of drug-likeness (QED) is 0.409. The van der Waals surface area contributed by atoms with Gasteiger partial charge in [-0.15, -0.1) is 0 Å². The van der Waals surface area contributed by atoms with Gasteiger partial charge in [0, 0.05) is 11.1 Å². The summed E-state index contributed by atoms with van der Waals surface area (Å²) in [5.74, 6) is 0. The molecule has 0 unspecified atom stereocenters. The zero-order valence-electron chi connectivity index (χ0n) is 9.68. The monoisotopic (exact) mass is 246 g/mol. The van der Waals surface area contributed by atoms with Crippen molar-refractivity contribution in [3.8, 4) is 11.1 Å². The molecule has 3 aromatic rings. The van der Waals surface area contributed by atoms with Crippen molar-refractivity contribution in [2.75, 3.05) is 0 Å². The predicted octanol–water partition coefficient (Wildman–Crippen LogP) is 4.59. The van der Waals surface area contributed by atoms with Gasteiger partial charge in [0.1, 0.15) is 0 Å². The van der Waals surface area contributed by atoms with Crippen LogP contribution in [-0.4, -0.2) is 4.86 Å². The van der Waals surface area contributed by atoms with E-state index < -0.39 is 0 Å². The number of benzene rings is 3. The molecule has 3 aromatic carbocycles.